The summed E-state index contributed by atoms with van der Waals surface area (Å²) in [4.78, 5) is 23.8. The maximum absolute atomic E-state index is 12.2. The van der Waals surface area contributed by atoms with Gasteiger partial charge in [-0.3, -0.25) is 0 Å². The molecule has 0 aliphatic carbocycles. The quantitative estimate of drug-likeness (QED) is 0.350. The third-order valence-corrected chi connectivity index (χ3v) is 3.42. The van der Waals surface area contributed by atoms with Crippen molar-refractivity contribution < 1.29 is 19.1 Å². The molecule has 0 amide bonds. The van der Waals surface area contributed by atoms with Gasteiger partial charge in [-0.15, -0.1) is 0 Å². The molecule has 0 saturated heterocycles. The van der Waals surface area contributed by atoms with E-state index in [0.717, 1.165) is 0 Å². The second-order valence-electron chi connectivity index (χ2n) is 4.83. The third kappa shape index (κ3) is 4.93. The third-order valence-electron chi connectivity index (χ3n) is 3.09. The molecule has 0 spiro atoms. The van der Waals surface area contributed by atoms with E-state index in [9.17, 15) is 9.59 Å². The molecule has 0 aliphatic heterocycles. The zero-order valence-corrected chi connectivity index (χ0v) is 14.1. The van der Waals surface area contributed by atoms with Crippen LogP contribution in [0, 0.1) is 11.3 Å². The molecular weight excluding hydrogens is 342 g/mol. The van der Waals surface area contributed by atoms with Crippen LogP contribution in [0.15, 0.2) is 54.1 Å². The maximum atomic E-state index is 12.2. The molecule has 0 atom stereocenters. The van der Waals surface area contributed by atoms with Crippen molar-refractivity contribution >= 4 is 29.6 Å². The van der Waals surface area contributed by atoms with Gasteiger partial charge in [-0.25, -0.2) is 9.59 Å². The van der Waals surface area contributed by atoms with Crippen LogP contribution >= 0.6 is 11.6 Å². The Bertz CT molecular complexity index is 868. The Kier molecular flexibility index (Phi) is 6.33. The van der Waals surface area contributed by atoms with Crippen molar-refractivity contribution in [2.45, 2.75) is 6.92 Å². The Morgan fingerprint density at radius 3 is 2.64 bits per heavy atom. The van der Waals surface area contributed by atoms with Crippen molar-refractivity contribution in [1.82, 2.24) is 0 Å². The lowest BCUT2D eigenvalue weighted by Gasteiger charge is -2.06. The Morgan fingerprint density at radius 2 is 1.96 bits per heavy atom. The topological polar surface area (TPSA) is 76.4 Å². The minimum absolute atomic E-state index is 0.142. The zero-order valence-electron chi connectivity index (χ0n) is 13.4. The fourth-order valence-electron chi connectivity index (χ4n) is 1.97. The van der Waals surface area contributed by atoms with Gasteiger partial charge < -0.3 is 9.47 Å². The van der Waals surface area contributed by atoms with Crippen molar-refractivity contribution in [3.8, 4) is 11.8 Å². The van der Waals surface area contributed by atoms with E-state index in [0.29, 0.717) is 5.56 Å². The van der Waals surface area contributed by atoms with Gasteiger partial charge in [0.25, 0.3) is 0 Å². The Morgan fingerprint density at radius 1 is 1.20 bits per heavy atom. The Balaban J connectivity index is 2.22. The van der Waals surface area contributed by atoms with Gasteiger partial charge in [-0.05, 0) is 42.8 Å². The van der Waals surface area contributed by atoms with Gasteiger partial charge in [0, 0.05) is 0 Å². The van der Waals surface area contributed by atoms with E-state index in [1.54, 1.807) is 55.5 Å². The summed E-state index contributed by atoms with van der Waals surface area (Å²) in [6.07, 6.45) is 1.37. The highest BCUT2D eigenvalue weighted by Crippen LogP contribution is 2.20. The van der Waals surface area contributed by atoms with Gasteiger partial charge in [0.2, 0.25) is 0 Å². The fraction of sp³-hybridized carbons (Fsp3) is 0.105. The first-order chi connectivity index (χ1) is 12.0. The van der Waals surface area contributed by atoms with E-state index in [1.165, 1.54) is 12.1 Å². The molecule has 25 heavy (non-hydrogen) atoms. The first-order valence-electron chi connectivity index (χ1n) is 7.41. The number of nitriles is 1. The molecule has 6 heteroatoms. The summed E-state index contributed by atoms with van der Waals surface area (Å²) in [6, 6.07) is 14.8. The number of halogens is 1. The summed E-state index contributed by atoms with van der Waals surface area (Å²) >= 11 is 5.97. The molecule has 0 unspecified atom stereocenters. The standard InChI is InChI=1S/C19H14ClNO4/c1-2-24-18(22)14(12-21)10-13-6-5-7-15(11-13)25-19(23)16-8-3-4-9-17(16)20/h3-11H,2H2,1H3/b14-10+. The Hall–Kier alpha value is -3.10. The van der Waals surface area contributed by atoms with Crippen LogP contribution in [0.1, 0.15) is 22.8 Å². The predicted octanol–water partition coefficient (Wildman–Crippen LogP) is 4.03. The number of carbonyl (C=O) groups is 2. The zero-order chi connectivity index (χ0) is 18.2. The monoisotopic (exact) mass is 355 g/mol. The van der Waals surface area contributed by atoms with Gasteiger partial charge in [0.15, 0.2) is 0 Å². The van der Waals surface area contributed by atoms with Crippen molar-refractivity contribution in [2.75, 3.05) is 6.61 Å². The average molecular weight is 356 g/mol. The molecule has 126 valence electrons. The van der Waals surface area contributed by atoms with E-state index >= 15 is 0 Å². The van der Waals surface area contributed by atoms with E-state index in [2.05, 4.69) is 0 Å². The maximum Gasteiger partial charge on any atom is 0.348 e. The number of benzene rings is 2. The molecule has 0 radical (unpaired) electrons. The summed E-state index contributed by atoms with van der Waals surface area (Å²) in [5.74, 6) is -1.04. The number of esters is 2. The van der Waals surface area contributed by atoms with Gasteiger partial charge in [-0.1, -0.05) is 35.9 Å². The molecule has 5 nitrogen and oxygen atoms in total. The highest BCUT2D eigenvalue weighted by Gasteiger charge is 2.13. The number of rotatable bonds is 5. The first-order valence-corrected chi connectivity index (χ1v) is 7.78. The summed E-state index contributed by atoms with van der Waals surface area (Å²) in [5.41, 5.74) is 0.625. The van der Waals surface area contributed by atoms with Crippen LogP contribution in [0.5, 0.6) is 5.75 Å². The molecular formula is C19H14ClNO4. The molecule has 0 aromatic heterocycles. The van der Waals surface area contributed by atoms with Crippen LogP contribution in [0.25, 0.3) is 6.08 Å². The predicted molar refractivity (Wildman–Crippen MR) is 93.1 cm³/mol. The molecule has 2 rings (SSSR count). The minimum Gasteiger partial charge on any atom is -0.462 e. The van der Waals surface area contributed by atoms with Crippen molar-refractivity contribution in [3.63, 3.8) is 0 Å². The van der Waals surface area contributed by atoms with Crippen LogP contribution < -0.4 is 4.74 Å². The second-order valence-corrected chi connectivity index (χ2v) is 5.24. The SMILES string of the molecule is CCOC(=O)/C(C#N)=C/c1cccc(OC(=O)c2ccccc2Cl)c1. The Labute approximate surface area is 150 Å². The normalized spacial score (nSPS) is 10.7. The van der Waals surface area contributed by atoms with Crippen molar-refractivity contribution in [2.24, 2.45) is 0 Å². The van der Waals surface area contributed by atoms with Crippen LogP contribution in [0.3, 0.4) is 0 Å². The number of ether oxygens (including phenoxy) is 2. The van der Waals surface area contributed by atoms with E-state index < -0.39 is 11.9 Å². The van der Waals surface area contributed by atoms with Gasteiger partial charge in [0.05, 0.1) is 17.2 Å². The molecule has 0 saturated carbocycles. The van der Waals surface area contributed by atoms with Gasteiger partial charge in [-0.2, -0.15) is 5.26 Å². The average Bonchev–Trinajstić information content (AvgIpc) is 2.60. The van der Waals surface area contributed by atoms with Crippen LogP contribution in [-0.4, -0.2) is 18.5 Å². The van der Waals surface area contributed by atoms with Gasteiger partial charge in [0.1, 0.15) is 17.4 Å². The molecule has 0 N–H and O–H groups in total. The molecule has 2 aromatic rings. The highest BCUT2D eigenvalue weighted by atomic mass is 35.5. The van der Waals surface area contributed by atoms with Crippen LogP contribution in [-0.2, 0) is 9.53 Å². The van der Waals surface area contributed by atoms with Crippen molar-refractivity contribution in [3.05, 3.63) is 70.3 Å². The number of carbonyl (C=O) groups excluding carboxylic acids is 2. The molecule has 2 aromatic carbocycles. The lowest BCUT2D eigenvalue weighted by molar-refractivity contribution is -0.137. The van der Waals surface area contributed by atoms with Crippen LogP contribution in [0.2, 0.25) is 5.02 Å². The highest BCUT2D eigenvalue weighted by molar-refractivity contribution is 6.33. The summed E-state index contributed by atoms with van der Waals surface area (Å²) < 4.78 is 10.1. The molecule has 0 fully saturated rings. The number of hydrogen-bond acceptors (Lipinski definition) is 5. The number of hydrogen-bond donors (Lipinski definition) is 0. The summed E-state index contributed by atoms with van der Waals surface area (Å²) in [5, 5.41) is 9.35. The van der Waals surface area contributed by atoms with E-state index in [4.69, 9.17) is 26.3 Å². The lowest BCUT2D eigenvalue weighted by atomic mass is 10.1. The smallest absolute Gasteiger partial charge is 0.348 e. The van der Waals surface area contributed by atoms with Crippen LogP contribution in [0.4, 0.5) is 0 Å². The molecule has 0 bridgehead atoms. The van der Waals surface area contributed by atoms with Gasteiger partial charge >= 0.3 is 11.9 Å². The number of nitrogens with zero attached hydrogens (tertiary/aromatic N) is 1. The first kappa shape index (κ1) is 18.2. The summed E-state index contributed by atoms with van der Waals surface area (Å²) in [7, 11) is 0. The van der Waals surface area contributed by atoms with E-state index in [-0.39, 0.29) is 28.5 Å². The molecule has 0 aliphatic rings. The summed E-state index contributed by atoms with van der Waals surface area (Å²) in [6.45, 7) is 1.83. The second kappa shape index (κ2) is 8.67. The fourth-order valence-corrected chi connectivity index (χ4v) is 2.18. The van der Waals surface area contributed by atoms with Crippen molar-refractivity contribution in [1.29, 1.82) is 5.26 Å². The van der Waals surface area contributed by atoms with E-state index in [1.807, 2.05) is 0 Å². The molecule has 0 heterocycles. The largest absolute Gasteiger partial charge is 0.462 e. The minimum atomic E-state index is -0.705. The lowest BCUT2D eigenvalue weighted by Crippen LogP contribution is -2.09.